The van der Waals surface area contributed by atoms with Crippen LogP contribution in [-0.2, 0) is 14.4 Å². The number of carbonyl (C=O) groups is 3. The maximum absolute atomic E-state index is 11.1. The third-order valence-electron chi connectivity index (χ3n) is 4.70. The van der Waals surface area contributed by atoms with Crippen molar-refractivity contribution in [1.29, 1.82) is 0 Å². The van der Waals surface area contributed by atoms with Crippen LogP contribution in [0.4, 0.5) is 0 Å². The van der Waals surface area contributed by atoms with E-state index in [1.807, 2.05) is 0 Å². The third kappa shape index (κ3) is 20.7. The molecule has 0 aliphatic rings. The Morgan fingerprint density at radius 1 is 0.455 bits per heavy atom. The van der Waals surface area contributed by atoms with Gasteiger partial charge in [0.25, 0.3) is 0 Å². The molecule has 0 rings (SSSR count). The molecule has 0 amide bonds. The Balaban J connectivity index is -0.000000439. The zero-order chi connectivity index (χ0) is 27.9. The third-order valence-corrected chi connectivity index (χ3v) is 4.70. The van der Waals surface area contributed by atoms with Gasteiger partial charge in [-0.25, -0.2) is 0 Å². The lowest BCUT2D eigenvalue weighted by Crippen LogP contribution is -2.32. The molecule has 0 aromatic heterocycles. The lowest BCUT2D eigenvalue weighted by atomic mass is 9.68. The van der Waals surface area contributed by atoms with Gasteiger partial charge in [-0.05, 0) is 84.0 Å². The fraction of sp³-hybridized carbons (Fsp3) is 0.889. The first-order valence-electron chi connectivity index (χ1n) is 11.7. The number of carboxylic acid groups (broad SMARTS) is 3. The SMILES string of the molecule is CC(C)(C)C(=O)O.CC(C)(C)CC(C)(C)C(=O)O.CC(C)(C)CC(C)(C)CC(C)(C)C(=O)O. The van der Waals surface area contributed by atoms with Gasteiger partial charge in [-0.1, -0.05) is 55.4 Å². The lowest BCUT2D eigenvalue weighted by Gasteiger charge is -2.37. The van der Waals surface area contributed by atoms with Crippen molar-refractivity contribution in [3.05, 3.63) is 0 Å². The molecule has 0 saturated carbocycles. The number of hydrogen-bond donors (Lipinski definition) is 3. The van der Waals surface area contributed by atoms with Gasteiger partial charge >= 0.3 is 17.9 Å². The maximum atomic E-state index is 11.1. The molecule has 0 heterocycles. The molecule has 0 radical (unpaired) electrons. The highest BCUT2D eigenvalue weighted by atomic mass is 16.4. The molecule has 0 aromatic rings. The zero-order valence-corrected chi connectivity index (χ0v) is 24.2. The normalized spacial score (nSPS) is 13.2. The van der Waals surface area contributed by atoms with Gasteiger partial charge in [0.1, 0.15) is 0 Å². The minimum atomic E-state index is -0.757. The summed E-state index contributed by atoms with van der Waals surface area (Å²) in [6.45, 7) is 29.2. The number of carboxylic acids is 3. The summed E-state index contributed by atoms with van der Waals surface area (Å²) in [6, 6.07) is 0. The van der Waals surface area contributed by atoms with Crippen LogP contribution in [0.15, 0.2) is 0 Å². The quantitative estimate of drug-likeness (QED) is 0.365. The van der Waals surface area contributed by atoms with E-state index in [9.17, 15) is 14.4 Å². The topological polar surface area (TPSA) is 112 Å². The van der Waals surface area contributed by atoms with E-state index < -0.39 is 34.2 Å². The van der Waals surface area contributed by atoms with Crippen LogP contribution in [0.25, 0.3) is 0 Å². The lowest BCUT2D eigenvalue weighted by molar-refractivity contribution is -0.149. The van der Waals surface area contributed by atoms with Gasteiger partial charge in [0.05, 0.1) is 16.2 Å². The number of aliphatic carboxylic acids is 3. The molecule has 0 spiro atoms. The van der Waals surface area contributed by atoms with E-state index in [4.69, 9.17) is 15.3 Å². The molecule has 0 aliphatic heterocycles. The van der Waals surface area contributed by atoms with Crippen LogP contribution >= 0.6 is 0 Å². The predicted octanol–water partition coefficient (Wildman–Crippen LogP) is 7.60. The Bertz CT molecular complexity index is 635. The smallest absolute Gasteiger partial charge is 0.309 e. The summed E-state index contributed by atoms with van der Waals surface area (Å²) in [5.74, 6) is -2.18. The molecule has 0 saturated heterocycles. The summed E-state index contributed by atoms with van der Waals surface area (Å²) in [6.07, 6.45) is 2.46. The van der Waals surface area contributed by atoms with Crippen LogP contribution in [0.5, 0.6) is 0 Å². The Kier molecular flexibility index (Phi) is 13.3. The summed E-state index contributed by atoms with van der Waals surface area (Å²) in [5.41, 5.74) is -1.41. The first-order valence-corrected chi connectivity index (χ1v) is 11.7. The van der Waals surface area contributed by atoms with Gasteiger partial charge < -0.3 is 15.3 Å². The summed E-state index contributed by atoms with van der Waals surface area (Å²) in [4.78, 5) is 31.8. The molecule has 0 aliphatic carbocycles. The summed E-state index contributed by atoms with van der Waals surface area (Å²) < 4.78 is 0. The van der Waals surface area contributed by atoms with Crippen molar-refractivity contribution in [2.45, 2.75) is 123 Å². The van der Waals surface area contributed by atoms with Crippen molar-refractivity contribution < 1.29 is 29.7 Å². The van der Waals surface area contributed by atoms with E-state index in [0.717, 1.165) is 6.42 Å². The van der Waals surface area contributed by atoms with Crippen LogP contribution in [0.3, 0.4) is 0 Å². The molecule has 3 N–H and O–H groups in total. The molecule has 0 bridgehead atoms. The van der Waals surface area contributed by atoms with Crippen LogP contribution in [-0.4, -0.2) is 33.2 Å². The van der Waals surface area contributed by atoms with Crippen molar-refractivity contribution in [1.82, 2.24) is 0 Å². The van der Waals surface area contributed by atoms with E-state index in [2.05, 4.69) is 55.4 Å². The van der Waals surface area contributed by atoms with Gasteiger partial charge in [-0.2, -0.15) is 0 Å². The van der Waals surface area contributed by atoms with E-state index in [0.29, 0.717) is 12.8 Å². The second-order valence-electron chi connectivity index (χ2n) is 14.7. The zero-order valence-electron chi connectivity index (χ0n) is 24.2. The highest BCUT2D eigenvalue weighted by molar-refractivity contribution is 5.74. The van der Waals surface area contributed by atoms with Gasteiger partial charge in [0.2, 0.25) is 0 Å². The highest BCUT2D eigenvalue weighted by Crippen LogP contribution is 2.41. The largest absolute Gasteiger partial charge is 0.481 e. The van der Waals surface area contributed by atoms with E-state index in [-0.39, 0.29) is 16.2 Å². The molecule has 0 atom stereocenters. The van der Waals surface area contributed by atoms with E-state index >= 15 is 0 Å². The molecule has 198 valence electrons. The molecule has 0 aromatic carbocycles. The fourth-order valence-electron chi connectivity index (χ4n) is 4.17. The summed E-state index contributed by atoms with van der Waals surface area (Å²) in [7, 11) is 0. The minimum Gasteiger partial charge on any atom is -0.481 e. The van der Waals surface area contributed by atoms with E-state index in [1.54, 1.807) is 48.5 Å². The predicted molar refractivity (Wildman–Crippen MR) is 136 cm³/mol. The van der Waals surface area contributed by atoms with Crippen molar-refractivity contribution in [3.63, 3.8) is 0 Å². The van der Waals surface area contributed by atoms with Gasteiger partial charge in [-0.15, -0.1) is 0 Å². The maximum Gasteiger partial charge on any atom is 0.309 e. The molecule has 6 nitrogen and oxygen atoms in total. The van der Waals surface area contributed by atoms with Crippen molar-refractivity contribution in [2.24, 2.45) is 32.5 Å². The average molecular weight is 475 g/mol. The summed E-state index contributed by atoms with van der Waals surface area (Å²) in [5, 5.41) is 26.2. The van der Waals surface area contributed by atoms with Crippen molar-refractivity contribution in [2.75, 3.05) is 0 Å². The Hall–Kier alpha value is -1.59. The van der Waals surface area contributed by atoms with Crippen LogP contribution < -0.4 is 0 Å². The summed E-state index contributed by atoms with van der Waals surface area (Å²) >= 11 is 0. The Morgan fingerprint density at radius 3 is 0.848 bits per heavy atom. The molecule has 0 fully saturated rings. The van der Waals surface area contributed by atoms with Crippen LogP contribution in [0.1, 0.15) is 123 Å². The van der Waals surface area contributed by atoms with Gasteiger partial charge in [0, 0.05) is 0 Å². The molecular formula is C27H54O6. The van der Waals surface area contributed by atoms with Gasteiger partial charge in [-0.3, -0.25) is 14.4 Å². The number of rotatable bonds is 6. The van der Waals surface area contributed by atoms with Crippen LogP contribution in [0.2, 0.25) is 0 Å². The Morgan fingerprint density at radius 2 is 0.697 bits per heavy atom. The van der Waals surface area contributed by atoms with E-state index in [1.165, 1.54) is 0 Å². The first-order chi connectivity index (χ1) is 14.0. The molecular weight excluding hydrogens is 420 g/mol. The van der Waals surface area contributed by atoms with Crippen LogP contribution in [0, 0.1) is 32.5 Å². The minimum absolute atomic E-state index is 0.0696. The fourth-order valence-corrected chi connectivity index (χ4v) is 4.17. The standard InChI is InChI=1S/C13H26O2.C9H18O2.C5H10O2/c1-11(2,3)8-12(4,5)9-13(6,7)10(14)15;1-8(2,3)6-9(4,5)7(10)11;1-5(2,3)4(6)7/h8-9H2,1-7H3,(H,14,15);6H2,1-5H3,(H,10,11);1-3H3,(H,6,7). The van der Waals surface area contributed by atoms with Gasteiger partial charge in [0.15, 0.2) is 0 Å². The Labute approximate surface area is 203 Å². The van der Waals surface area contributed by atoms with Crippen molar-refractivity contribution in [3.8, 4) is 0 Å². The molecule has 0 unspecified atom stereocenters. The number of hydrogen-bond acceptors (Lipinski definition) is 3. The molecule has 6 heteroatoms. The van der Waals surface area contributed by atoms with Crippen molar-refractivity contribution >= 4 is 17.9 Å². The first kappa shape index (κ1) is 36.0. The monoisotopic (exact) mass is 474 g/mol. The second kappa shape index (κ2) is 12.2. The highest BCUT2D eigenvalue weighted by Gasteiger charge is 2.36. The molecule has 33 heavy (non-hydrogen) atoms. The average Bonchev–Trinajstić information content (AvgIpc) is 2.40. The second-order valence-corrected chi connectivity index (χ2v) is 14.7.